The summed E-state index contributed by atoms with van der Waals surface area (Å²) < 4.78 is 1.95. The number of carbonyl (C=O) groups is 1. The standard InChI is InChI=1S/C19H23N3O2S/c1-12(2)20-19(24)21-9-13-8-14(11-21)18-15(16-4-3-7-25-16)5-6-17(23)22(18)10-13/h3-7,12-14H,8-11H2,1-2H3,(H,20,24)/t13-,14-/m1/s1. The van der Waals surface area contributed by atoms with Gasteiger partial charge in [-0.1, -0.05) is 6.07 Å². The highest BCUT2D eigenvalue weighted by Crippen LogP contribution is 2.40. The molecule has 2 atom stereocenters. The summed E-state index contributed by atoms with van der Waals surface area (Å²) in [6.45, 7) is 6.06. The molecule has 0 spiro atoms. The van der Waals surface area contributed by atoms with Gasteiger partial charge >= 0.3 is 6.03 Å². The van der Waals surface area contributed by atoms with Crippen LogP contribution in [-0.4, -0.2) is 34.6 Å². The fraction of sp³-hybridized carbons (Fsp3) is 0.474. The Morgan fingerprint density at radius 1 is 1.24 bits per heavy atom. The third-order valence-electron chi connectivity index (χ3n) is 5.08. The molecular formula is C19H23N3O2S. The van der Waals surface area contributed by atoms with Crippen LogP contribution in [0.5, 0.6) is 0 Å². The van der Waals surface area contributed by atoms with Crippen LogP contribution in [0.25, 0.3) is 10.4 Å². The first-order valence-electron chi connectivity index (χ1n) is 8.86. The maximum atomic E-state index is 12.5. The number of carbonyl (C=O) groups excluding carboxylic acids is 1. The van der Waals surface area contributed by atoms with E-state index in [1.165, 1.54) is 4.88 Å². The highest BCUT2D eigenvalue weighted by molar-refractivity contribution is 7.13. The van der Waals surface area contributed by atoms with Gasteiger partial charge in [-0.05, 0) is 43.7 Å². The van der Waals surface area contributed by atoms with Crippen LogP contribution in [0.1, 0.15) is 31.9 Å². The molecule has 0 saturated carbocycles. The molecule has 0 aromatic carbocycles. The summed E-state index contributed by atoms with van der Waals surface area (Å²) in [6, 6.07) is 7.91. The number of nitrogens with zero attached hydrogens (tertiary/aromatic N) is 2. The first-order valence-corrected chi connectivity index (χ1v) is 9.74. The molecule has 1 fully saturated rings. The zero-order valence-corrected chi connectivity index (χ0v) is 15.4. The van der Waals surface area contributed by atoms with Crippen LogP contribution in [0.15, 0.2) is 34.4 Å². The van der Waals surface area contributed by atoms with Crippen LogP contribution in [0.3, 0.4) is 0 Å². The molecular weight excluding hydrogens is 334 g/mol. The minimum absolute atomic E-state index is 0.00843. The molecule has 2 aromatic heterocycles. The highest BCUT2D eigenvalue weighted by atomic mass is 32.1. The van der Waals surface area contributed by atoms with Crippen LogP contribution in [0.4, 0.5) is 4.79 Å². The minimum Gasteiger partial charge on any atom is -0.336 e. The third kappa shape index (κ3) is 2.99. The van der Waals surface area contributed by atoms with Gasteiger partial charge in [-0.25, -0.2) is 4.79 Å². The molecule has 0 radical (unpaired) electrons. The summed E-state index contributed by atoms with van der Waals surface area (Å²) in [6.07, 6.45) is 1.05. The lowest BCUT2D eigenvalue weighted by atomic mass is 9.81. The van der Waals surface area contributed by atoms with Gasteiger partial charge in [0.2, 0.25) is 0 Å². The summed E-state index contributed by atoms with van der Waals surface area (Å²) >= 11 is 1.69. The summed E-state index contributed by atoms with van der Waals surface area (Å²) in [7, 11) is 0. The lowest BCUT2D eigenvalue weighted by Crippen LogP contribution is -2.53. The van der Waals surface area contributed by atoms with Crippen molar-refractivity contribution in [1.82, 2.24) is 14.8 Å². The Hall–Kier alpha value is -2.08. The van der Waals surface area contributed by atoms with Crippen molar-refractivity contribution < 1.29 is 4.79 Å². The Balaban J connectivity index is 1.72. The van der Waals surface area contributed by atoms with Gasteiger partial charge in [0.25, 0.3) is 5.56 Å². The molecule has 2 amide bonds. The normalized spacial score (nSPS) is 22.0. The van der Waals surface area contributed by atoms with E-state index < -0.39 is 0 Å². The van der Waals surface area contributed by atoms with Gasteiger partial charge in [0, 0.05) is 53.8 Å². The second kappa shape index (κ2) is 6.33. The van der Waals surface area contributed by atoms with E-state index in [-0.39, 0.29) is 23.6 Å². The monoisotopic (exact) mass is 357 g/mol. The van der Waals surface area contributed by atoms with Crippen LogP contribution >= 0.6 is 11.3 Å². The van der Waals surface area contributed by atoms with Gasteiger partial charge < -0.3 is 14.8 Å². The van der Waals surface area contributed by atoms with Gasteiger partial charge in [-0.2, -0.15) is 0 Å². The third-order valence-corrected chi connectivity index (χ3v) is 5.98. The van der Waals surface area contributed by atoms with E-state index in [9.17, 15) is 9.59 Å². The number of aromatic nitrogens is 1. The number of thiophene rings is 1. The molecule has 25 heavy (non-hydrogen) atoms. The van der Waals surface area contributed by atoms with Gasteiger partial charge in [-0.3, -0.25) is 4.79 Å². The number of hydrogen-bond acceptors (Lipinski definition) is 3. The maximum absolute atomic E-state index is 12.5. The Morgan fingerprint density at radius 3 is 2.80 bits per heavy atom. The van der Waals surface area contributed by atoms with E-state index in [0.29, 0.717) is 19.0 Å². The lowest BCUT2D eigenvalue weighted by molar-refractivity contribution is 0.130. The molecule has 4 heterocycles. The topological polar surface area (TPSA) is 54.3 Å². The van der Waals surface area contributed by atoms with Crippen LogP contribution in [-0.2, 0) is 6.54 Å². The second-order valence-electron chi connectivity index (χ2n) is 7.37. The zero-order chi connectivity index (χ0) is 17.6. The molecule has 132 valence electrons. The molecule has 2 aliphatic heterocycles. The van der Waals surface area contributed by atoms with Crippen molar-refractivity contribution in [2.45, 2.75) is 38.8 Å². The fourth-order valence-electron chi connectivity index (χ4n) is 4.16. The molecule has 2 bridgehead atoms. The molecule has 2 aliphatic rings. The first-order chi connectivity index (χ1) is 12.0. The molecule has 2 aromatic rings. The fourth-order valence-corrected chi connectivity index (χ4v) is 4.92. The van der Waals surface area contributed by atoms with E-state index in [0.717, 1.165) is 24.2 Å². The SMILES string of the molecule is CC(C)NC(=O)N1C[C@H]2C[C@H](C1)c1c(-c3cccs3)ccc(=O)n1C2. The van der Waals surface area contributed by atoms with Gasteiger partial charge in [0.1, 0.15) is 0 Å². The number of nitrogens with one attached hydrogen (secondary N) is 1. The molecule has 1 saturated heterocycles. The van der Waals surface area contributed by atoms with Crippen molar-refractivity contribution in [2.24, 2.45) is 5.92 Å². The molecule has 0 aliphatic carbocycles. The number of piperidine rings is 1. The van der Waals surface area contributed by atoms with E-state index in [4.69, 9.17) is 0 Å². The molecule has 5 nitrogen and oxygen atoms in total. The van der Waals surface area contributed by atoms with Gasteiger partial charge in [-0.15, -0.1) is 11.3 Å². The Morgan fingerprint density at radius 2 is 2.08 bits per heavy atom. The number of amides is 2. The number of pyridine rings is 1. The van der Waals surface area contributed by atoms with Crippen molar-refractivity contribution in [3.63, 3.8) is 0 Å². The first kappa shape index (κ1) is 16.4. The largest absolute Gasteiger partial charge is 0.336 e. The molecule has 4 rings (SSSR count). The average molecular weight is 357 g/mol. The number of likely N-dealkylation sites (tertiary alicyclic amines) is 1. The Labute approximate surface area is 151 Å². The summed E-state index contributed by atoms with van der Waals surface area (Å²) in [5.41, 5.74) is 2.32. The molecule has 0 unspecified atom stereocenters. The van der Waals surface area contributed by atoms with Crippen LogP contribution < -0.4 is 10.9 Å². The number of fused-ring (bicyclic) bond motifs is 4. The van der Waals surface area contributed by atoms with Crippen molar-refractivity contribution in [2.75, 3.05) is 13.1 Å². The minimum atomic E-state index is 0.00843. The van der Waals surface area contributed by atoms with Crippen LogP contribution in [0, 0.1) is 5.92 Å². The number of rotatable bonds is 2. The zero-order valence-electron chi connectivity index (χ0n) is 14.6. The van der Waals surface area contributed by atoms with Gasteiger partial charge in [0.05, 0.1) is 0 Å². The summed E-state index contributed by atoms with van der Waals surface area (Å²) in [4.78, 5) is 28.0. The van der Waals surface area contributed by atoms with E-state index in [1.807, 2.05) is 35.4 Å². The predicted octanol–water partition coefficient (Wildman–Crippen LogP) is 3.11. The Bertz CT molecular complexity index is 841. The van der Waals surface area contributed by atoms with E-state index >= 15 is 0 Å². The maximum Gasteiger partial charge on any atom is 0.317 e. The average Bonchev–Trinajstić information content (AvgIpc) is 3.09. The second-order valence-corrected chi connectivity index (χ2v) is 8.31. The van der Waals surface area contributed by atoms with Gasteiger partial charge in [0.15, 0.2) is 0 Å². The summed E-state index contributed by atoms with van der Waals surface area (Å²) in [5, 5.41) is 5.06. The molecule has 6 heteroatoms. The van der Waals surface area contributed by atoms with Crippen molar-refractivity contribution in [3.05, 3.63) is 45.7 Å². The quantitative estimate of drug-likeness (QED) is 0.898. The smallest absolute Gasteiger partial charge is 0.317 e. The highest BCUT2D eigenvalue weighted by Gasteiger charge is 2.38. The molecule has 1 N–H and O–H groups in total. The van der Waals surface area contributed by atoms with E-state index in [1.54, 1.807) is 17.4 Å². The van der Waals surface area contributed by atoms with Crippen molar-refractivity contribution in [1.29, 1.82) is 0 Å². The predicted molar refractivity (Wildman–Crippen MR) is 100 cm³/mol. The number of hydrogen-bond donors (Lipinski definition) is 1. The van der Waals surface area contributed by atoms with E-state index in [2.05, 4.69) is 16.8 Å². The van der Waals surface area contributed by atoms with Crippen molar-refractivity contribution >= 4 is 17.4 Å². The lowest BCUT2D eigenvalue weighted by Gasteiger charge is -2.43. The summed E-state index contributed by atoms with van der Waals surface area (Å²) in [5.74, 6) is 0.567. The Kier molecular flexibility index (Phi) is 4.15. The van der Waals surface area contributed by atoms with Crippen LogP contribution in [0.2, 0.25) is 0 Å². The van der Waals surface area contributed by atoms with Crippen molar-refractivity contribution in [3.8, 4) is 10.4 Å². The number of urea groups is 1.